The van der Waals surface area contributed by atoms with Crippen molar-refractivity contribution < 1.29 is 0 Å². The van der Waals surface area contributed by atoms with Gasteiger partial charge in [-0.2, -0.15) is 0 Å². The predicted molar refractivity (Wildman–Crippen MR) is 112 cm³/mol. The van der Waals surface area contributed by atoms with Crippen molar-refractivity contribution >= 4 is 16.7 Å². The van der Waals surface area contributed by atoms with E-state index in [4.69, 9.17) is 4.99 Å². The maximum Gasteiger partial charge on any atom is 0.191 e. The summed E-state index contributed by atoms with van der Waals surface area (Å²) in [4.78, 5) is 7.30. The highest BCUT2D eigenvalue weighted by Crippen LogP contribution is 2.24. The summed E-state index contributed by atoms with van der Waals surface area (Å²) in [6, 6.07) is 15.3. The second-order valence-electron chi connectivity index (χ2n) is 7.42. The standard InChI is InChI=1S/C22H32N4/c1-4-23-22(24-15-18-9-8-14-26(3)16-18)25-17(2)20-13-7-11-19-10-5-6-12-21(19)20/h5-7,10-13,17-18H,4,8-9,14-16H2,1-3H3,(H2,23,24,25). The minimum atomic E-state index is 0.202. The molecule has 26 heavy (non-hydrogen) atoms. The van der Waals surface area contributed by atoms with Gasteiger partial charge in [-0.1, -0.05) is 42.5 Å². The molecule has 0 saturated carbocycles. The highest BCUT2D eigenvalue weighted by atomic mass is 15.2. The van der Waals surface area contributed by atoms with Gasteiger partial charge < -0.3 is 15.5 Å². The first-order valence-corrected chi connectivity index (χ1v) is 9.88. The van der Waals surface area contributed by atoms with Crippen molar-refractivity contribution in [3.63, 3.8) is 0 Å². The van der Waals surface area contributed by atoms with Crippen molar-refractivity contribution in [1.29, 1.82) is 0 Å². The lowest BCUT2D eigenvalue weighted by Crippen LogP contribution is -2.40. The van der Waals surface area contributed by atoms with Gasteiger partial charge in [0.2, 0.25) is 0 Å². The van der Waals surface area contributed by atoms with Gasteiger partial charge >= 0.3 is 0 Å². The lowest BCUT2D eigenvalue weighted by Gasteiger charge is -2.29. The molecule has 2 aromatic rings. The molecule has 0 radical (unpaired) electrons. The number of guanidine groups is 1. The summed E-state index contributed by atoms with van der Waals surface area (Å²) in [5, 5.41) is 9.60. The number of hydrogen-bond donors (Lipinski definition) is 2. The Hall–Kier alpha value is -2.07. The van der Waals surface area contributed by atoms with E-state index < -0.39 is 0 Å². The van der Waals surface area contributed by atoms with E-state index in [9.17, 15) is 0 Å². The van der Waals surface area contributed by atoms with Gasteiger partial charge in [-0.3, -0.25) is 4.99 Å². The summed E-state index contributed by atoms with van der Waals surface area (Å²) in [6.07, 6.45) is 2.57. The van der Waals surface area contributed by atoms with Crippen molar-refractivity contribution in [3.05, 3.63) is 48.0 Å². The third-order valence-electron chi connectivity index (χ3n) is 5.22. The van der Waals surface area contributed by atoms with Gasteiger partial charge in [0.25, 0.3) is 0 Å². The number of aliphatic imine (C=N–C) groups is 1. The Bertz CT molecular complexity index is 735. The van der Waals surface area contributed by atoms with Crippen LogP contribution < -0.4 is 10.6 Å². The molecule has 3 rings (SSSR count). The van der Waals surface area contributed by atoms with Gasteiger partial charge in [0.15, 0.2) is 5.96 Å². The van der Waals surface area contributed by atoms with Crippen molar-refractivity contribution in [3.8, 4) is 0 Å². The molecular formula is C22H32N4. The van der Waals surface area contributed by atoms with Crippen LogP contribution in [0.25, 0.3) is 10.8 Å². The lowest BCUT2D eigenvalue weighted by atomic mass is 9.99. The fraction of sp³-hybridized carbons (Fsp3) is 0.500. The quantitative estimate of drug-likeness (QED) is 0.635. The molecule has 1 aliphatic rings. The van der Waals surface area contributed by atoms with Gasteiger partial charge in [0.05, 0.1) is 6.04 Å². The van der Waals surface area contributed by atoms with Crippen LogP contribution in [0.2, 0.25) is 0 Å². The van der Waals surface area contributed by atoms with Crippen LogP contribution in [0.3, 0.4) is 0 Å². The highest BCUT2D eigenvalue weighted by molar-refractivity contribution is 5.87. The Labute approximate surface area is 157 Å². The van der Waals surface area contributed by atoms with Crippen LogP contribution in [-0.2, 0) is 0 Å². The van der Waals surface area contributed by atoms with E-state index in [0.717, 1.165) is 25.6 Å². The van der Waals surface area contributed by atoms with Crippen molar-refractivity contribution in [2.75, 3.05) is 33.2 Å². The van der Waals surface area contributed by atoms with Crippen molar-refractivity contribution in [2.24, 2.45) is 10.9 Å². The average Bonchev–Trinajstić information content (AvgIpc) is 2.66. The van der Waals surface area contributed by atoms with Gasteiger partial charge in [0.1, 0.15) is 0 Å². The smallest absolute Gasteiger partial charge is 0.191 e. The molecule has 1 aliphatic heterocycles. The molecule has 2 N–H and O–H groups in total. The van der Waals surface area contributed by atoms with Crippen molar-refractivity contribution in [1.82, 2.24) is 15.5 Å². The molecule has 2 aromatic carbocycles. The SMILES string of the molecule is CCNC(=NCC1CCCN(C)C1)NC(C)c1cccc2ccccc12. The molecule has 1 fully saturated rings. The van der Waals surface area contributed by atoms with Gasteiger partial charge in [-0.15, -0.1) is 0 Å². The molecule has 140 valence electrons. The number of piperidine rings is 1. The zero-order valence-corrected chi connectivity index (χ0v) is 16.3. The van der Waals surface area contributed by atoms with E-state index in [1.807, 2.05) is 0 Å². The topological polar surface area (TPSA) is 39.7 Å². The molecule has 0 aliphatic carbocycles. The molecule has 2 unspecified atom stereocenters. The van der Waals surface area contributed by atoms with E-state index in [0.29, 0.717) is 5.92 Å². The molecule has 0 spiro atoms. The van der Waals surface area contributed by atoms with E-state index in [-0.39, 0.29) is 6.04 Å². The molecule has 2 atom stereocenters. The van der Waals surface area contributed by atoms with E-state index in [2.05, 4.69) is 78.9 Å². The van der Waals surface area contributed by atoms with Crippen LogP contribution in [0.5, 0.6) is 0 Å². The first kappa shape index (κ1) is 18.7. The summed E-state index contributed by atoms with van der Waals surface area (Å²) in [5.74, 6) is 1.58. The Morgan fingerprint density at radius 3 is 2.85 bits per heavy atom. The Balaban J connectivity index is 1.71. The molecule has 0 aromatic heterocycles. The second-order valence-corrected chi connectivity index (χ2v) is 7.42. The number of nitrogens with zero attached hydrogens (tertiary/aromatic N) is 2. The number of hydrogen-bond acceptors (Lipinski definition) is 2. The third-order valence-corrected chi connectivity index (χ3v) is 5.22. The predicted octanol–water partition coefficient (Wildman–Crippen LogP) is 3.80. The number of fused-ring (bicyclic) bond motifs is 1. The number of benzene rings is 2. The number of nitrogens with one attached hydrogen (secondary N) is 2. The van der Waals surface area contributed by atoms with Crippen LogP contribution in [0.1, 0.15) is 38.3 Å². The fourth-order valence-electron chi connectivity index (χ4n) is 3.87. The molecule has 1 heterocycles. The number of rotatable bonds is 5. The average molecular weight is 353 g/mol. The summed E-state index contributed by atoms with van der Waals surface area (Å²) >= 11 is 0. The molecule has 0 amide bonds. The minimum absolute atomic E-state index is 0.202. The van der Waals surface area contributed by atoms with Crippen LogP contribution in [0, 0.1) is 5.92 Å². The Kier molecular flexibility index (Phi) is 6.51. The van der Waals surface area contributed by atoms with Crippen LogP contribution in [0.4, 0.5) is 0 Å². The normalized spacial score (nSPS) is 20.1. The minimum Gasteiger partial charge on any atom is -0.357 e. The zero-order valence-electron chi connectivity index (χ0n) is 16.3. The van der Waals surface area contributed by atoms with E-state index in [1.165, 1.54) is 35.7 Å². The van der Waals surface area contributed by atoms with Crippen LogP contribution in [-0.4, -0.2) is 44.1 Å². The molecule has 4 heteroatoms. The third kappa shape index (κ3) is 4.76. The Morgan fingerprint density at radius 2 is 2.04 bits per heavy atom. The van der Waals surface area contributed by atoms with Crippen LogP contribution in [0.15, 0.2) is 47.5 Å². The molecule has 4 nitrogen and oxygen atoms in total. The van der Waals surface area contributed by atoms with Gasteiger partial charge in [-0.25, -0.2) is 0 Å². The zero-order chi connectivity index (χ0) is 18.4. The first-order valence-electron chi connectivity index (χ1n) is 9.88. The van der Waals surface area contributed by atoms with Crippen LogP contribution >= 0.6 is 0 Å². The number of likely N-dealkylation sites (tertiary alicyclic amines) is 1. The first-order chi connectivity index (χ1) is 12.7. The van der Waals surface area contributed by atoms with Crippen molar-refractivity contribution in [2.45, 2.75) is 32.7 Å². The summed E-state index contributed by atoms with van der Waals surface area (Å²) < 4.78 is 0. The maximum absolute atomic E-state index is 4.88. The largest absolute Gasteiger partial charge is 0.357 e. The van der Waals surface area contributed by atoms with E-state index >= 15 is 0 Å². The lowest BCUT2D eigenvalue weighted by molar-refractivity contribution is 0.214. The highest BCUT2D eigenvalue weighted by Gasteiger charge is 2.17. The summed E-state index contributed by atoms with van der Waals surface area (Å²) in [7, 11) is 2.21. The van der Waals surface area contributed by atoms with Gasteiger partial charge in [0, 0.05) is 19.6 Å². The molecular weight excluding hydrogens is 320 g/mol. The maximum atomic E-state index is 4.88. The second kappa shape index (κ2) is 9.04. The fourth-order valence-corrected chi connectivity index (χ4v) is 3.87. The van der Waals surface area contributed by atoms with E-state index in [1.54, 1.807) is 0 Å². The summed E-state index contributed by atoms with van der Waals surface area (Å²) in [6.45, 7) is 8.47. The molecule has 0 bridgehead atoms. The Morgan fingerprint density at radius 1 is 1.23 bits per heavy atom. The monoisotopic (exact) mass is 352 g/mol. The molecule has 1 saturated heterocycles. The summed E-state index contributed by atoms with van der Waals surface area (Å²) in [5.41, 5.74) is 1.31. The van der Waals surface area contributed by atoms with Gasteiger partial charge in [-0.05, 0) is 62.5 Å².